The molecule has 0 saturated carbocycles. The molecule has 0 fully saturated rings. The van der Waals surface area contributed by atoms with Crippen LogP contribution in [-0.2, 0) is 0 Å². The zero-order valence-electron chi connectivity index (χ0n) is 10.9. The maximum Gasteiger partial charge on any atom is 0.190 e. The molecule has 1 heterocycles. The zero-order chi connectivity index (χ0) is 15.5. The fourth-order valence-corrected chi connectivity index (χ4v) is 2.71. The molecule has 2 N–H and O–H groups in total. The molecule has 0 atom stereocenters. The van der Waals surface area contributed by atoms with Crippen LogP contribution in [0.1, 0.15) is 11.1 Å². The number of hydrogen-bond donors (Lipinski definition) is 2. The fourth-order valence-electron chi connectivity index (χ4n) is 2.10. The molecule has 1 aliphatic heterocycles. The second-order valence-corrected chi connectivity index (χ2v) is 5.79. The molecule has 0 bridgehead atoms. The van der Waals surface area contributed by atoms with Gasteiger partial charge in [-0.3, -0.25) is 0 Å². The van der Waals surface area contributed by atoms with Crippen LogP contribution >= 0.6 is 34.8 Å². The van der Waals surface area contributed by atoms with Gasteiger partial charge in [0.1, 0.15) is 5.02 Å². The quantitative estimate of drug-likeness (QED) is 0.412. The van der Waals surface area contributed by atoms with Gasteiger partial charge in [-0.1, -0.05) is 34.8 Å². The smallest absolute Gasteiger partial charge is 0.190 e. The standard InChI is InChI=1S/C14H9Cl3O4/c1-4-10(18)11(19)5(2)13-12(4)20-7-3-6(15)8(16)9(17)14(7)21-13/h3,18-19H,1-2H3. The molecule has 0 spiro atoms. The van der Waals surface area contributed by atoms with E-state index < -0.39 is 0 Å². The van der Waals surface area contributed by atoms with Gasteiger partial charge in [-0.25, -0.2) is 0 Å². The SMILES string of the molecule is Cc1c(O)c(O)c(C)c2c1Oc1cc(Cl)c(Cl)c(Cl)c1O2. The Morgan fingerprint density at radius 1 is 0.810 bits per heavy atom. The maximum absolute atomic E-state index is 9.89. The Labute approximate surface area is 135 Å². The molecule has 0 aromatic heterocycles. The first-order chi connectivity index (χ1) is 9.82. The van der Waals surface area contributed by atoms with Gasteiger partial charge < -0.3 is 19.7 Å². The van der Waals surface area contributed by atoms with E-state index in [-0.39, 0.29) is 43.8 Å². The van der Waals surface area contributed by atoms with Gasteiger partial charge in [-0.15, -0.1) is 0 Å². The van der Waals surface area contributed by atoms with Crippen molar-refractivity contribution in [2.45, 2.75) is 13.8 Å². The number of aromatic hydroxyl groups is 2. The second-order valence-electron chi connectivity index (χ2n) is 4.62. The van der Waals surface area contributed by atoms with Crippen molar-refractivity contribution < 1.29 is 19.7 Å². The molecule has 0 aliphatic carbocycles. The topological polar surface area (TPSA) is 58.9 Å². The highest BCUT2D eigenvalue weighted by molar-refractivity contribution is 6.48. The lowest BCUT2D eigenvalue weighted by molar-refractivity contribution is 0.339. The Morgan fingerprint density at radius 2 is 1.33 bits per heavy atom. The third-order valence-corrected chi connectivity index (χ3v) is 4.57. The summed E-state index contributed by atoms with van der Waals surface area (Å²) in [6.45, 7) is 3.19. The lowest BCUT2D eigenvalue weighted by Crippen LogP contribution is -2.04. The van der Waals surface area contributed by atoms with Crippen molar-refractivity contribution in [3.8, 4) is 34.5 Å². The van der Waals surface area contributed by atoms with E-state index >= 15 is 0 Å². The molecule has 0 amide bonds. The summed E-state index contributed by atoms with van der Waals surface area (Å²) in [6, 6.07) is 1.48. The van der Waals surface area contributed by atoms with Gasteiger partial charge in [-0.2, -0.15) is 0 Å². The molecular formula is C14H9Cl3O4. The summed E-state index contributed by atoms with van der Waals surface area (Å²) in [5.41, 5.74) is 0.682. The van der Waals surface area contributed by atoms with Crippen molar-refractivity contribution in [2.75, 3.05) is 0 Å². The van der Waals surface area contributed by atoms with Crippen LogP contribution in [0.15, 0.2) is 6.07 Å². The van der Waals surface area contributed by atoms with E-state index in [9.17, 15) is 10.2 Å². The van der Waals surface area contributed by atoms with Crippen molar-refractivity contribution >= 4 is 34.8 Å². The number of phenolic OH excluding ortho intramolecular Hbond substituents is 2. The largest absolute Gasteiger partial charge is 0.504 e. The average Bonchev–Trinajstić information content (AvgIpc) is 2.47. The summed E-state index contributed by atoms with van der Waals surface area (Å²) in [5, 5.41) is 20.3. The number of rotatable bonds is 0. The number of phenols is 2. The van der Waals surface area contributed by atoms with Gasteiger partial charge in [0.15, 0.2) is 34.5 Å². The summed E-state index contributed by atoms with van der Waals surface area (Å²) in [4.78, 5) is 0. The van der Waals surface area contributed by atoms with E-state index in [1.807, 2.05) is 0 Å². The van der Waals surface area contributed by atoms with Crippen molar-refractivity contribution in [1.82, 2.24) is 0 Å². The lowest BCUT2D eigenvalue weighted by Gasteiger charge is -2.25. The van der Waals surface area contributed by atoms with Crippen molar-refractivity contribution in [1.29, 1.82) is 0 Å². The highest BCUT2D eigenvalue weighted by atomic mass is 35.5. The lowest BCUT2D eigenvalue weighted by atomic mass is 10.1. The average molecular weight is 348 g/mol. The molecule has 4 nitrogen and oxygen atoms in total. The Kier molecular flexibility index (Phi) is 3.28. The third kappa shape index (κ3) is 1.98. The molecule has 7 heteroatoms. The van der Waals surface area contributed by atoms with E-state index in [1.54, 1.807) is 13.8 Å². The van der Waals surface area contributed by atoms with Crippen LogP contribution in [-0.4, -0.2) is 10.2 Å². The van der Waals surface area contributed by atoms with Gasteiger partial charge in [0, 0.05) is 17.2 Å². The predicted octanol–water partition coefficient (Wildman–Crippen LogP) is 5.57. The second kappa shape index (κ2) is 4.77. The summed E-state index contributed by atoms with van der Waals surface area (Å²) in [5.74, 6) is 0.542. The number of ether oxygens (including phenoxy) is 2. The van der Waals surface area contributed by atoms with Gasteiger partial charge in [-0.05, 0) is 13.8 Å². The highest BCUT2D eigenvalue weighted by Crippen LogP contribution is 2.57. The van der Waals surface area contributed by atoms with Gasteiger partial charge >= 0.3 is 0 Å². The molecule has 2 aromatic carbocycles. The molecule has 1 aliphatic rings. The van der Waals surface area contributed by atoms with Crippen LogP contribution in [0.2, 0.25) is 15.1 Å². The Morgan fingerprint density at radius 3 is 1.90 bits per heavy atom. The summed E-state index contributed by atoms with van der Waals surface area (Å²) in [6.07, 6.45) is 0. The van der Waals surface area contributed by atoms with Gasteiger partial charge in [0.05, 0.1) is 10.0 Å². The van der Waals surface area contributed by atoms with E-state index in [4.69, 9.17) is 44.3 Å². The highest BCUT2D eigenvalue weighted by Gasteiger charge is 2.30. The van der Waals surface area contributed by atoms with E-state index in [2.05, 4.69) is 0 Å². The van der Waals surface area contributed by atoms with Crippen LogP contribution < -0.4 is 9.47 Å². The first kappa shape index (κ1) is 14.4. The van der Waals surface area contributed by atoms with Crippen molar-refractivity contribution in [3.05, 3.63) is 32.3 Å². The molecule has 110 valence electrons. The minimum Gasteiger partial charge on any atom is -0.504 e. The third-order valence-electron chi connectivity index (χ3n) is 3.32. The molecule has 0 unspecified atom stereocenters. The molecule has 3 rings (SSSR count). The minimum absolute atomic E-state index is 0.120. The molecule has 2 aromatic rings. The molecule has 21 heavy (non-hydrogen) atoms. The minimum atomic E-state index is -0.269. The summed E-state index contributed by atoms with van der Waals surface area (Å²) < 4.78 is 11.4. The van der Waals surface area contributed by atoms with E-state index in [0.29, 0.717) is 16.9 Å². The predicted molar refractivity (Wildman–Crippen MR) is 80.9 cm³/mol. The van der Waals surface area contributed by atoms with Gasteiger partial charge in [0.2, 0.25) is 0 Å². The molecule has 0 radical (unpaired) electrons. The normalized spacial score (nSPS) is 12.2. The van der Waals surface area contributed by atoms with Crippen molar-refractivity contribution in [3.63, 3.8) is 0 Å². The Hall–Kier alpha value is -1.49. The van der Waals surface area contributed by atoms with Crippen LogP contribution in [0, 0.1) is 13.8 Å². The maximum atomic E-state index is 9.89. The number of benzene rings is 2. The Balaban J connectivity index is 2.27. The van der Waals surface area contributed by atoms with E-state index in [1.165, 1.54) is 6.07 Å². The number of hydrogen-bond acceptors (Lipinski definition) is 4. The Bertz CT molecular complexity index is 787. The fraction of sp³-hybridized carbons (Fsp3) is 0.143. The monoisotopic (exact) mass is 346 g/mol. The van der Waals surface area contributed by atoms with Crippen LogP contribution in [0.25, 0.3) is 0 Å². The summed E-state index contributed by atoms with van der Waals surface area (Å²) in [7, 11) is 0. The number of fused-ring (bicyclic) bond motifs is 2. The summed E-state index contributed by atoms with van der Waals surface area (Å²) >= 11 is 18.1. The number of halogens is 3. The first-order valence-corrected chi connectivity index (χ1v) is 7.04. The first-order valence-electron chi connectivity index (χ1n) is 5.91. The van der Waals surface area contributed by atoms with Gasteiger partial charge in [0.25, 0.3) is 0 Å². The van der Waals surface area contributed by atoms with Crippen molar-refractivity contribution in [2.24, 2.45) is 0 Å². The van der Waals surface area contributed by atoms with Crippen LogP contribution in [0.4, 0.5) is 0 Å². The zero-order valence-corrected chi connectivity index (χ0v) is 13.2. The van der Waals surface area contributed by atoms with Crippen LogP contribution in [0.5, 0.6) is 34.5 Å². The molecule has 0 saturated heterocycles. The molecular weight excluding hydrogens is 339 g/mol. The van der Waals surface area contributed by atoms with E-state index in [0.717, 1.165) is 0 Å². The van der Waals surface area contributed by atoms with Crippen LogP contribution in [0.3, 0.4) is 0 Å².